The van der Waals surface area contributed by atoms with E-state index in [1.165, 1.54) is 11.1 Å². The van der Waals surface area contributed by atoms with E-state index in [4.69, 9.17) is 5.73 Å². The molecule has 0 saturated carbocycles. The number of nitrogen functional groups attached to an aromatic ring is 1. The number of fused-ring (bicyclic) bond motifs is 3. The first-order chi connectivity index (χ1) is 7.60. The molecule has 0 aromatic heterocycles. The molecular formula is C15H17N. The lowest BCUT2D eigenvalue weighted by molar-refractivity contribution is 0.394. The molecule has 0 amide bonds. The van der Waals surface area contributed by atoms with Gasteiger partial charge in [0.2, 0.25) is 0 Å². The molecule has 82 valence electrons. The van der Waals surface area contributed by atoms with Crippen molar-refractivity contribution >= 4 is 5.69 Å². The molecule has 1 aromatic rings. The van der Waals surface area contributed by atoms with Crippen molar-refractivity contribution in [1.29, 1.82) is 0 Å². The van der Waals surface area contributed by atoms with Gasteiger partial charge < -0.3 is 5.73 Å². The maximum Gasteiger partial charge on any atom is 0.0317 e. The van der Waals surface area contributed by atoms with Crippen LogP contribution < -0.4 is 5.73 Å². The van der Waals surface area contributed by atoms with Crippen LogP contribution in [0.3, 0.4) is 0 Å². The molecule has 0 fully saturated rings. The number of hydrogen-bond acceptors (Lipinski definition) is 1. The number of allylic oxidation sites excluding steroid dienone is 4. The average Bonchev–Trinajstić information content (AvgIpc) is 2.49. The Morgan fingerprint density at radius 1 is 1.12 bits per heavy atom. The minimum absolute atomic E-state index is 0.191. The first-order valence-corrected chi connectivity index (χ1v) is 5.85. The van der Waals surface area contributed by atoms with Crippen LogP contribution in [0.25, 0.3) is 0 Å². The monoisotopic (exact) mass is 211 g/mol. The number of hydrogen-bond donors (Lipinski definition) is 1. The second-order valence-corrected chi connectivity index (χ2v) is 5.39. The molecule has 0 saturated heterocycles. The molecule has 0 bridgehead atoms. The number of nitrogens with two attached hydrogens (primary N) is 1. The molecule has 2 atom stereocenters. The third kappa shape index (κ3) is 1.12. The molecule has 3 rings (SSSR count). The molecule has 0 aliphatic heterocycles. The fourth-order valence-electron chi connectivity index (χ4n) is 3.20. The van der Waals surface area contributed by atoms with Crippen LogP contribution in [-0.4, -0.2) is 0 Å². The van der Waals surface area contributed by atoms with Gasteiger partial charge in [-0.1, -0.05) is 44.2 Å². The molecule has 0 radical (unpaired) electrons. The topological polar surface area (TPSA) is 26.0 Å². The summed E-state index contributed by atoms with van der Waals surface area (Å²) in [7, 11) is 0. The largest absolute Gasteiger partial charge is 0.399 e. The van der Waals surface area contributed by atoms with Crippen LogP contribution in [0.15, 0.2) is 42.5 Å². The zero-order valence-corrected chi connectivity index (χ0v) is 9.77. The van der Waals surface area contributed by atoms with Crippen LogP contribution in [0.5, 0.6) is 0 Å². The van der Waals surface area contributed by atoms with Crippen molar-refractivity contribution in [3.05, 3.63) is 53.6 Å². The highest BCUT2D eigenvalue weighted by Crippen LogP contribution is 2.52. The smallest absolute Gasteiger partial charge is 0.0317 e. The first kappa shape index (κ1) is 9.71. The summed E-state index contributed by atoms with van der Waals surface area (Å²) in [5, 5.41) is 0. The van der Waals surface area contributed by atoms with Crippen LogP contribution in [0.2, 0.25) is 0 Å². The normalized spacial score (nSPS) is 28.9. The van der Waals surface area contributed by atoms with Gasteiger partial charge >= 0.3 is 0 Å². The van der Waals surface area contributed by atoms with Crippen LogP contribution in [-0.2, 0) is 5.41 Å². The Hall–Kier alpha value is -1.50. The molecule has 2 unspecified atom stereocenters. The van der Waals surface area contributed by atoms with E-state index in [1.54, 1.807) is 0 Å². The number of rotatable bonds is 0. The second-order valence-electron chi connectivity index (χ2n) is 5.39. The Labute approximate surface area is 96.7 Å². The Morgan fingerprint density at radius 2 is 1.88 bits per heavy atom. The minimum atomic E-state index is 0.191. The second kappa shape index (κ2) is 3.00. The minimum Gasteiger partial charge on any atom is -0.399 e. The van der Waals surface area contributed by atoms with Gasteiger partial charge in [-0.2, -0.15) is 0 Å². The Balaban J connectivity index is 2.23. The Bertz CT molecular complexity index is 494. The summed E-state index contributed by atoms with van der Waals surface area (Å²) in [5.74, 6) is 1.12. The standard InChI is InChI=1S/C15H17N/c1-15(2)13-6-4-3-5-11(13)12-8-7-10(16)9-14(12)15/h3-9,11,13H,16H2,1-2H3. The number of benzene rings is 1. The zero-order valence-electron chi connectivity index (χ0n) is 9.77. The van der Waals surface area contributed by atoms with Crippen molar-refractivity contribution in [3.8, 4) is 0 Å². The summed E-state index contributed by atoms with van der Waals surface area (Å²) in [6, 6.07) is 6.36. The summed E-state index contributed by atoms with van der Waals surface area (Å²) in [5.41, 5.74) is 9.83. The summed E-state index contributed by atoms with van der Waals surface area (Å²) in [6.45, 7) is 4.64. The lowest BCUT2D eigenvalue weighted by Crippen LogP contribution is -2.24. The van der Waals surface area contributed by atoms with Gasteiger partial charge in [0.15, 0.2) is 0 Å². The molecule has 1 heteroatoms. The quantitative estimate of drug-likeness (QED) is 0.654. The van der Waals surface area contributed by atoms with Crippen molar-refractivity contribution < 1.29 is 0 Å². The summed E-state index contributed by atoms with van der Waals surface area (Å²) in [4.78, 5) is 0. The van der Waals surface area contributed by atoms with E-state index in [1.807, 2.05) is 6.07 Å². The van der Waals surface area contributed by atoms with Crippen LogP contribution >= 0.6 is 0 Å². The van der Waals surface area contributed by atoms with E-state index in [0.717, 1.165) is 5.69 Å². The van der Waals surface area contributed by atoms with Crippen molar-refractivity contribution in [2.75, 3.05) is 5.73 Å². The molecule has 1 aromatic carbocycles. The SMILES string of the molecule is CC1(C)c2cc(N)ccc2C2C=CC=CC21. The lowest BCUT2D eigenvalue weighted by Gasteiger charge is -2.29. The lowest BCUT2D eigenvalue weighted by atomic mass is 9.74. The highest BCUT2D eigenvalue weighted by Gasteiger charge is 2.44. The maximum absolute atomic E-state index is 5.91. The van der Waals surface area contributed by atoms with Crippen molar-refractivity contribution in [2.45, 2.75) is 25.2 Å². The van der Waals surface area contributed by atoms with Crippen molar-refractivity contribution in [2.24, 2.45) is 5.92 Å². The summed E-state index contributed by atoms with van der Waals surface area (Å²) >= 11 is 0. The first-order valence-electron chi connectivity index (χ1n) is 5.85. The molecule has 2 aliphatic rings. The van der Waals surface area contributed by atoms with E-state index < -0.39 is 0 Å². The number of anilines is 1. The van der Waals surface area contributed by atoms with E-state index in [9.17, 15) is 0 Å². The van der Waals surface area contributed by atoms with Crippen LogP contribution in [0.4, 0.5) is 5.69 Å². The third-order valence-corrected chi connectivity index (χ3v) is 4.10. The van der Waals surface area contributed by atoms with Gasteiger partial charge in [-0.05, 0) is 34.6 Å². The molecular weight excluding hydrogens is 194 g/mol. The van der Waals surface area contributed by atoms with Gasteiger partial charge in [-0.25, -0.2) is 0 Å². The van der Waals surface area contributed by atoms with E-state index in [0.29, 0.717) is 11.8 Å². The highest BCUT2D eigenvalue weighted by molar-refractivity contribution is 5.55. The van der Waals surface area contributed by atoms with Crippen LogP contribution in [0.1, 0.15) is 30.9 Å². The summed E-state index contributed by atoms with van der Waals surface area (Å²) < 4.78 is 0. The van der Waals surface area contributed by atoms with Crippen molar-refractivity contribution in [1.82, 2.24) is 0 Å². The molecule has 1 nitrogen and oxygen atoms in total. The molecule has 0 spiro atoms. The van der Waals surface area contributed by atoms with Crippen LogP contribution in [0, 0.1) is 5.92 Å². The van der Waals surface area contributed by atoms with Gasteiger partial charge in [0.25, 0.3) is 0 Å². The third-order valence-electron chi connectivity index (χ3n) is 4.10. The van der Waals surface area contributed by atoms with Gasteiger partial charge in [-0.3, -0.25) is 0 Å². The maximum atomic E-state index is 5.91. The van der Waals surface area contributed by atoms with Gasteiger partial charge in [-0.15, -0.1) is 0 Å². The molecule has 2 N–H and O–H groups in total. The van der Waals surface area contributed by atoms with Gasteiger partial charge in [0.05, 0.1) is 0 Å². The Morgan fingerprint density at radius 3 is 2.69 bits per heavy atom. The average molecular weight is 211 g/mol. The van der Waals surface area contributed by atoms with Gasteiger partial charge in [0, 0.05) is 11.6 Å². The molecule has 2 aliphatic carbocycles. The molecule has 16 heavy (non-hydrogen) atoms. The molecule has 0 heterocycles. The van der Waals surface area contributed by atoms with Gasteiger partial charge in [0.1, 0.15) is 0 Å². The zero-order chi connectivity index (χ0) is 11.3. The Kier molecular flexibility index (Phi) is 1.82. The highest BCUT2D eigenvalue weighted by atomic mass is 14.6. The van der Waals surface area contributed by atoms with E-state index in [-0.39, 0.29) is 5.41 Å². The predicted octanol–water partition coefficient (Wildman–Crippen LogP) is 3.39. The van der Waals surface area contributed by atoms with E-state index in [2.05, 4.69) is 50.3 Å². The fraction of sp³-hybridized carbons (Fsp3) is 0.333. The van der Waals surface area contributed by atoms with Crippen molar-refractivity contribution in [3.63, 3.8) is 0 Å². The fourth-order valence-corrected chi connectivity index (χ4v) is 3.20. The summed E-state index contributed by atoms with van der Waals surface area (Å²) in [6.07, 6.45) is 8.97. The van der Waals surface area contributed by atoms with E-state index >= 15 is 0 Å². The predicted molar refractivity (Wildman–Crippen MR) is 68.4 cm³/mol.